The zero-order valence-corrected chi connectivity index (χ0v) is 23.9. The number of rotatable bonds is 3. The molecule has 0 aliphatic rings. The lowest BCUT2D eigenvalue weighted by Gasteiger charge is -2.15. The van der Waals surface area contributed by atoms with Crippen LogP contribution in [0, 0.1) is 34.0 Å². The first-order valence-corrected chi connectivity index (χ1v) is 14.8. The van der Waals surface area contributed by atoms with Gasteiger partial charge in [-0.25, -0.2) is 0 Å². The minimum absolute atomic E-state index is 0.581. The van der Waals surface area contributed by atoms with Gasteiger partial charge in [-0.15, -0.1) is 11.3 Å². The first kappa shape index (κ1) is 25.5. The summed E-state index contributed by atoms with van der Waals surface area (Å²) in [5.41, 5.74) is 9.02. The van der Waals surface area contributed by atoms with Crippen molar-refractivity contribution in [3.63, 3.8) is 0 Å². The molecule has 0 radical (unpaired) electrons. The van der Waals surface area contributed by atoms with Gasteiger partial charge in [0, 0.05) is 42.1 Å². The van der Waals surface area contributed by atoms with Crippen LogP contribution in [0.15, 0.2) is 120 Å². The van der Waals surface area contributed by atoms with Crippen molar-refractivity contribution < 1.29 is 4.42 Å². The van der Waals surface area contributed by atoms with Crippen molar-refractivity contribution in [1.29, 1.82) is 15.8 Å². The number of hydrogen-bond acceptors (Lipinski definition) is 5. The average Bonchev–Trinajstić information content (AvgIpc) is 3.65. The van der Waals surface area contributed by atoms with Gasteiger partial charge in [0.2, 0.25) is 0 Å². The van der Waals surface area contributed by atoms with Gasteiger partial charge in [-0.2, -0.15) is 15.8 Å². The van der Waals surface area contributed by atoms with Crippen LogP contribution in [0.1, 0.15) is 16.7 Å². The first-order valence-electron chi connectivity index (χ1n) is 14.0. The third-order valence-corrected chi connectivity index (χ3v) is 9.43. The second-order valence-electron chi connectivity index (χ2n) is 10.6. The molecule has 2 aromatic heterocycles. The monoisotopic (exact) mass is 577 g/mol. The fraction of sp³-hybridized carbons (Fsp3) is 0. The van der Waals surface area contributed by atoms with Crippen LogP contribution in [0.5, 0.6) is 0 Å². The molecule has 5 heteroatoms. The first-order chi connectivity index (χ1) is 21.7. The van der Waals surface area contributed by atoms with E-state index in [0.29, 0.717) is 16.7 Å². The Morgan fingerprint density at radius 3 is 2.05 bits per heavy atom. The van der Waals surface area contributed by atoms with Gasteiger partial charge in [0.15, 0.2) is 0 Å². The zero-order valence-electron chi connectivity index (χ0n) is 23.1. The Morgan fingerprint density at radius 1 is 0.500 bits per heavy atom. The molecule has 0 aliphatic heterocycles. The molecule has 8 rings (SSSR count). The number of furan rings is 1. The lowest BCUT2D eigenvalue weighted by atomic mass is 9.88. The molecular weight excluding hydrogens is 559 g/mol. The molecule has 0 unspecified atom stereocenters. The Balaban J connectivity index is 1.40. The molecule has 8 aromatic rings. The van der Waals surface area contributed by atoms with E-state index < -0.39 is 0 Å². The Morgan fingerprint density at radius 2 is 1.23 bits per heavy atom. The quantitative estimate of drug-likeness (QED) is 0.209. The molecule has 0 atom stereocenters. The second kappa shape index (κ2) is 9.97. The molecule has 0 fully saturated rings. The molecule has 0 saturated heterocycles. The fourth-order valence-corrected chi connectivity index (χ4v) is 7.38. The van der Waals surface area contributed by atoms with Crippen LogP contribution in [0.3, 0.4) is 0 Å². The topological polar surface area (TPSA) is 84.5 Å². The minimum atomic E-state index is 0.581. The molecule has 0 bridgehead atoms. The van der Waals surface area contributed by atoms with E-state index in [2.05, 4.69) is 54.6 Å². The summed E-state index contributed by atoms with van der Waals surface area (Å²) in [5.74, 6) is 0. The highest BCUT2D eigenvalue weighted by Gasteiger charge is 2.19. The summed E-state index contributed by atoms with van der Waals surface area (Å²) in [4.78, 5) is 0. The van der Waals surface area contributed by atoms with Crippen LogP contribution in [0.2, 0.25) is 0 Å². The Labute approximate surface area is 256 Å². The summed E-state index contributed by atoms with van der Waals surface area (Å²) in [7, 11) is 0. The van der Waals surface area contributed by atoms with Gasteiger partial charge in [0.25, 0.3) is 0 Å². The summed E-state index contributed by atoms with van der Waals surface area (Å²) in [6.07, 6.45) is 0. The predicted molar refractivity (Wildman–Crippen MR) is 177 cm³/mol. The van der Waals surface area contributed by atoms with Crippen LogP contribution >= 0.6 is 11.3 Å². The third kappa shape index (κ3) is 3.88. The molecule has 202 valence electrons. The molecule has 2 heterocycles. The van der Waals surface area contributed by atoms with Crippen LogP contribution in [-0.2, 0) is 0 Å². The molecule has 6 aromatic carbocycles. The summed E-state index contributed by atoms with van der Waals surface area (Å²) in [5, 5.41) is 33.1. The van der Waals surface area contributed by atoms with E-state index >= 15 is 0 Å². The van der Waals surface area contributed by atoms with E-state index in [1.54, 1.807) is 17.4 Å². The van der Waals surface area contributed by atoms with E-state index in [0.717, 1.165) is 75.5 Å². The maximum Gasteiger partial charge on any atom is 0.143 e. The van der Waals surface area contributed by atoms with Gasteiger partial charge in [-0.05, 0) is 70.8 Å². The molecule has 0 N–H and O–H groups in total. The van der Waals surface area contributed by atoms with Crippen molar-refractivity contribution in [2.24, 2.45) is 0 Å². The smallest absolute Gasteiger partial charge is 0.143 e. The Hall–Kier alpha value is -6.19. The summed E-state index contributed by atoms with van der Waals surface area (Å²) in [6, 6.07) is 44.6. The van der Waals surface area contributed by atoms with Gasteiger partial charge in [-0.3, -0.25) is 0 Å². The molecule has 4 nitrogen and oxygen atoms in total. The van der Waals surface area contributed by atoms with Gasteiger partial charge >= 0.3 is 0 Å². The lowest BCUT2D eigenvalue weighted by Crippen LogP contribution is -1.91. The summed E-state index contributed by atoms with van der Waals surface area (Å²) < 4.78 is 8.70. The average molecular weight is 578 g/mol. The number of fused-ring (bicyclic) bond motifs is 6. The van der Waals surface area contributed by atoms with Crippen molar-refractivity contribution in [3.05, 3.63) is 132 Å². The van der Waals surface area contributed by atoms with E-state index in [1.165, 1.54) is 0 Å². The van der Waals surface area contributed by atoms with E-state index in [4.69, 9.17) is 4.42 Å². The van der Waals surface area contributed by atoms with Crippen molar-refractivity contribution in [2.75, 3.05) is 0 Å². The number of nitriles is 3. The normalized spacial score (nSPS) is 11.1. The number of hydrogen-bond donors (Lipinski definition) is 0. The van der Waals surface area contributed by atoms with Gasteiger partial charge in [0.1, 0.15) is 11.2 Å². The minimum Gasteiger partial charge on any atom is -0.455 e. The van der Waals surface area contributed by atoms with E-state index in [1.807, 2.05) is 72.8 Å². The van der Waals surface area contributed by atoms with Gasteiger partial charge in [0.05, 0.1) is 34.9 Å². The molecule has 44 heavy (non-hydrogen) atoms. The number of nitrogens with zero attached hydrogens (tertiary/aromatic N) is 3. The molecule has 0 aliphatic carbocycles. The Bertz CT molecular complexity index is 2600. The number of para-hydroxylation sites is 1. The van der Waals surface area contributed by atoms with Crippen molar-refractivity contribution in [3.8, 4) is 51.6 Å². The molecular formula is C39H19N3OS. The van der Waals surface area contributed by atoms with Crippen molar-refractivity contribution in [1.82, 2.24) is 0 Å². The van der Waals surface area contributed by atoms with Crippen LogP contribution in [0.25, 0.3) is 75.5 Å². The van der Waals surface area contributed by atoms with Gasteiger partial charge in [-0.1, -0.05) is 66.7 Å². The maximum absolute atomic E-state index is 10.1. The highest BCUT2D eigenvalue weighted by atomic mass is 32.1. The van der Waals surface area contributed by atoms with Crippen LogP contribution < -0.4 is 0 Å². The van der Waals surface area contributed by atoms with E-state index in [-0.39, 0.29) is 0 Å². The van der Waals surface area contributed by atoms with E-state index in [9.17, 15) is 15.8 Å². The maximum atomic E-state index is 10.1. The molecule has 0 saturated carbocycles. The van der Waals surface area contributed by atoms with Crippen molar-refractivity contribution in [2.45, 2.75) is 0 Å². The van der Waals surface area contributed by atoms with Crippen LogP contribution in [-0.4, -0.2) is 0 Å². The van der Waals surface area contributed by atoms with Gasteiger partial charge < -0.3 is 4.42 Å². The largest absolute Gasteiger partial charge is 0.455 e. The van der Waals surface area contributed by atoms with Crippen LogP contribution in [0.4, 0.5) is 0 Å². The molecule has 0 amide bonds. The highest BCUT2D eigenvalue weighted by Crippen LogP contribution is 2.45. The third-order valence-electron chi connectivity index (χ3n) is 8.21. The summed E-state index contributed by atoms with van der Waals surface area (Å²) >= 11 is 1.72. The lowest BCUT2D eigenvalue weighted by molar-refractivity contribution is 0.670. The standard InChI is InChI=1S/C39H19N3OS/c40-20-23-11-15-36-34(17-23)31-9-4-8-30(38(31)43-36)29-14-13-25(19-33(29)27-6-2-1-5-26(27)22-42)28-7-3-10-32-35-18-24(21-41)12-16-37(35)44-39(28)32/h1-19H. The molecule has 0 spiro atoms. The number of benzene rings is 6. The number of thiophene rings is 1. The Kier molecular flexibility index (Phi) is 5.78. The second-order valence-corrected chi connectivity index (χ2v) is 11.7. The highest BCUT2D eigenvalue weighted by molar-refractivity contribution is 7.26. The predicted octanol–water partition coefficient (Wildman–Crippen LogP) is 10.6. The zero-order chi connectivity index (χ0) is 29.8. The summed E-state index contributed by atoms with van der Waals surface area (Å²) in [6.45, 7) is 0. The fourth-order valence-electron chi connectivity index (χ4n) is 6.16. The van der Waals surface area contributed by atoms with Crippen molar-refractivity contribution >= 4 is 53.4 Å². The SMILES string of the molecule is N#Cc1ccc2oc3c(-c4ccc(-c5cccc6c5sc5ccc(C#N)cc56)cc4-c4ccccc4C#N)cccc3c2c1.